The zero-order valence-corrected chi connectivity index (χ0v) is 11.8. The van der Waals surface area contributed by atoms with Crippen molar-refractivity contribution in [3.05, 3.63) is 35.9 Å². The van der Waals surface area contributed by atoms with E-state index in [0.29, 0.717) is 0 Å². The molecular formula is C17H27N. The number of benzene rings is 1. The Hall–Kier alpha value is -0.820. The van der Waals surface area contributed by atoms with Crippen LogP contribution in [0, 0.1) is 5.92 Å². The van der Waals surface area contributed by atoms with E-state index < -0.39 is 0 Å². The average Bonchev–Trinajstić information content (AvgIpc) is 2.42. The van der Waals surface area contributed by atoms with Crippen molar-refractivity contribution in [3.8, 4) is 0 Å². The summed E-state index contributed by atoms with van der Waals surface area (Å²) in [5.41, 5.74) is 1.50. The van der Waals surface area contributed by atoms with Gasteiger partial charge in [0.2, 0.25) is 0 Å². The summed E-state index contributed by atoms with van der Waals surface area (Å²) in [7, 11) is 2.25. The molecule has 0 N–H and O–H groups in total. The lowest BCUT2D eigenvalue weighted by Gasteiger charge is -2.28. The summed E-state index contributed by atoms with van der Waals surface area (Å²) < 4.78 is 0. The second-order valence-corrected chi connectivity index (χ2v) is 5.83. The van der Waals surface area contributed by atoms with Gasteiger partial charge in [-0.05, 0) is 57.3 Å². The first-order valence-corrected chi connectivity index (χ1v) is 7.57. The fraction of sp³-hybridized carbons (Fsp3) is 0.647. The third-order valence-electron chi connectivity index (χ3n) is 4.26. The molecule has 0 spiro atoms. The predicted molar refractivity (Wildman–Crippen MR) is 78.8 cm³/mol. The number of piperidine rings is 1. The molecular weight excluding hydrogens is 218 g/mol. The molecule has 0 aromatic heterocycles. The van der Waals surface area contributed by atoms with Crippen molar-refractivity contribution in [1.82, 2.24) is 4.90 Å². The molecule has 0 unspecified atom stereocenters. The fourth-order valence-electron chi connectivity index (χ4n) is 2.93. The summed E-state index contributed by atoms with van der Waals surface area (Å²) in [6, 6.07) is 10.9. The molecule has 1 aromatic carbocycles. The van der Waals surface area contributed by atoms with Crippen LogP contribution in [-0.2, 0) is 6.42 Å². The van der Waals surface area contributed by atoms with E-state index in [1.54, 1.807) is 0 Å². The van der Waals surface area contributed by atoms with Crippen LogP contribution in [0.1, 0.15) is 44.1 Å². The second-order valence-electron chi connectivity index (χ2n) is 5.83. The molecule has 1 aromatic rings. The molecule has 100 valence electrons. The second kappa shape index (κ2) is 7.58. The third kappa shape index (κ3) is 4.81. The highest BCUT2D eigenvalue weighted by molar-refractivity contribution is 5.14. The first-order valence-electron chi connectivity index (χ1n) is 7.57. The maximum Gasteiger partial charge on any atom is -0.00191 e. The highest BCUT2D eigenvalue weighted by atomic mass is 15.1. The van der Waals surface area contributed by atoms with E-state index in [4.69, 9.17) is 0 Å². The van der Waals surface area contributed by atoms with Crippen LogP contribution < -0.4 is 0 Å². The Bertz CT molecular complexity index is 312. The van der Waals surface area contributed by atoms with Gasteiger partial charge in [-0.25, -0.2) is 0 Å². The molecule has 0 bridgehead atoms. The van der Waals surface area contributed by atoms with Crippen molar-refractivity contribution < 1.29 is 0 Å². The summed E-state index contributed by atoms with van der Waals surface area (Å²) in [5.74, 6) is 1.01. The van der Waals surface area contributed by atoms with Gasteiger partial charge in [0.05, 0.1) is 0 Å². The summed E-state index contributed by atoms with van der Waals surface area (Å²) in [6.45, 7) is 2.63. The van der Waals surface area contributed by atoms with Crippen molar-refractivity contribution >= 4 is 0 Å². The average molecular weight is 245 g/mol. The van der Waals surface area contributed by atoms with Crippen LogP contribution in [0.4, 0.5) is 0 Å². The first-order chi connectivity index (χ1) is 8.84. The summed E-state index contributed by atoms with van der Waals surface area (Å²) in [6.07, 6.45) is 9.76. The van der Waals surface area contributed by atoms with Crippen LogP contribution in [0.2, 0.25) is 0 Å². The van der Waals surface area contributed by atoms with Gasteiger partial charge in [0.25, 0.3) is 0 Å². The Kier molecular flexibility index (Phi) is 5.73. The largest absolute Gasteiger partial charge is 0.306 e. The Morgan fingerprint density at radius 1 is 1.00 bits per heavy atom. The fourth-order valence-corrected chi connectivity index (χ4v) is 2.93. The molecule has 2 rings (SSSR count). The summed E-state index contributed by atoms with van der Waals surface area (Å²) in [5, 5.41) is 0. The van der Waals surface area contributed by atoms with Crippen LogP contribution in [0.25, 0.3) is 0 Å². The lowest BCUT2D eigenvalue weighted by atomic mass is 9.91. The number of hydrogen-bond acceptors (Lipinski definition) is 1. The normalized spacial score (nSPS) is 18.1. The van der Waals surface area contributed by atoms with Crippen molar-refractivity contribution in [3.63, 3.8) is 0 Å². The Morgan fingerprint density at radius 2 is 1.72 bits per heavy atom. The zero-order chi connectivity index (χ0) is 12.6. The number of aryl methyl sites for hydroxylation is 1. The van der Waals surface area contributed by atoms with Gasteiger partial charge in [-0.15, -0.1) is 0 Å². The standard InChI is InChI=1S/C17H27N/c1-18-14-12-17(13-15-18)11-7-3-6-10-16-8-4-2-5-9-16/h2,4-5,8-9,17H,3,6-7,10-15H2,1H3. The van der Waals surface area contributed by atoms with E-state index in [9.17, 15) is 0 Å². The van der Waals surface area contributed by atoms with E-state index in [2.05, 4.69) is 42.3 Å². The molecule has 0 radical (unpaired) electrons. The molecule has 1 aliphatic heterocycles. The highest BCUT2D eigenvalue weighted by Crippen LogP contribution is 2.22. The topological polar surface area (TPSA) is 3.24 Å². The minimum absolute atomic E-state index is 1.01. The van der Waals surface area contributed by atoms with E-state index in [1.165, 1.54) is 63.6 Å². The molecule has 1 aliphatic rings. The van der Waals surface area contributed by atoms with Gasteiger partial charge in [0.15, 0.2) is 0 Å². The Morgan fingerprint density at radius 3 is 2.44 bits per heavy atom. The van der Waals surface area contributed by atoms with Gasteiger partial charge in [-0.1, -0.05) is 49.6 Å². The van der Waals surface area contributed by atoms with Crippen LogP contribution in [0.3, 0.4) is 0 Å². The van der Waals surface area contributed by atoms with Crippen molar-refractivity contribution in [2.45, 2.75) is 44.9 Å². The maximum absolute atomic E-state index is 2.46. The van der Waals surface area contributed by atoms with Crippen molar-refractivity contribution in [2.75, 3.05) is 20.1 Å². The quantitative estimate of drug-likeness (QED) is 0.681. The number of hydrogen-bond donors (Lipinski definition) is 0. The molecule has 18 heavy (non-hydrogen) atoms. The number of rotatable bonds is 6. The number of unbranched alkanes of at least 4 members (excludes halogenated alkanes) is 2. The summed E-state index contributed by atoms with van der Waals surface area (Å²) in [4.78, 5) is 2.46. The molecule has 1 heterocycles. The maximum atomic E-state index is 2.46. The SMILES string of the molecule is CN1CCC(CCCCCc2ccccc2)CC1. The smallest absolute Gasteiger partial charge is 0.00191 e. The van der Waals surface area contributed by atoms with Crippen LogP contribution in [0.5, 0.6) is 0 Å². The van der Waals surface area contributed by atoms with Crippen LogP contribution >= 0.6 is 0 Å². The van der Waals surface area contributed by atoms with Crippen LogP contribution in [0.15, 0.2) is 30.3 Å². The molecule has 0 saturated carbocycles. The summed E-state index contributed by atoms with van der Waals surface area (Å²) >= 11 is 0. The predicted octanol–water partition coefficient (Wildman–Crippen LogP) is 4.13. The Balaban J connectivity index is 1.51. The van der Waals surface area contributed by atoms with Gasteiger partial charge in [0.1, 0.15) is 0 Å². The highest BCUT2D eigenvalue weighted by Gasteiger charge is 2.15. The molecule has 1 heteroatoms. The minimum atomic E-state index is 1.01. The molecule has 1 saturated heterocycles. The van der Waals surface area contributed by atoms with E-state index in [0.717, 1.165) is 5.92 Å². The minimum Gasteiger partial charge on any atom is -0.306 e. The van der Waals surface area contributed by atoms with E-state index >= 15 is 0 Å². The lowest BCUT2D eigenvalue weighted by Crippen LogP contribution is -2.30. The third-order valence-corrected chi connectivity index (χ3v) is 4.26. The molecule has 1 nitrogen and oxygen atoms in total. The van der Waals surface area contributed by atoms with Gasteiger partial charge < -0.3 is 4.90 Å². The molecule has 0 atom stereocenters. The van der Waals surface area contributed by atoms with Gasteiger partial charge >= 0.3 is 0 Å². The van der Waals surface area contributed by atoms with Crippen molar-refractivity contribution in [1.29, 1.82) is 0 Å². The van der Waals surface area contributed by atoms with E-state index in [1.807, 2.05) is 0 Å². The van der Waals surface area contributed by atoms with Gasteiger partial charge in [-0.2, -0.15) is 0 Å². The first kappa shape index (κ1) is 13.6. The molecule has 0 aliphatic carbocycles. The van der Waals surface area contributed by atoms with Gasteiger partial charge in [-0.3, -0.25) is 0 Å². The molecule has 1 fully saturated rings. The molecule has 0 amide bonds. The van der Waals surface area contributed by atoms with E-state index in [-0.39, 0.29) is 0 Å². The monoisotopic (exact) mass is 245 g/mol. The Labute approximate surface area is 112 Å². The van der Waals surface area contributed by atoms with Crippen LogP contribution in [-0.4, -0.2) is 25.0 Å². The van der Waals surface area contributed by atoms with Crippen molar-refractivity contribution in [2.24, 2.45) is 5.92 Å². The lowest BCUT2D eigenvalue weighted by molar-refractivity contribution is 0.209. The zero-order valence-electron chi connectivity index (χ0n) is 11.8. The number of nitrogens with zero attached hydrogens (tertiary/aromatic N) is 1. The van der Waals surface area contributed by atoms with Gasteiger partial charge in [0, 0.05) is 0 Å². The number of likely N-dealkylation sites (tertiary alicyclic amines) is 1.